The van der Waals surface area contributed by atoms with Gasteiger partial charge >= 0.3 is 0 Å². The molecule has 0 spiro atoms. The van der Waals surface area contributed by atoms with Gasteiger partial charge in [-0.3, -0.25) is 4.98 Å². The maximum absolute atomic E-state index is 13.4. The predicted molar refractivity (Wildman–Crippen MR) is 68.7 cm³/mol. The molecule has 5 nitrogen and oxygen atoms in total. The SMILES string of the molecule is FCC(c1ccccn1)n1ncc2ncc(Cl)nc21. The largest absolute Gasteiger partial charge is 0.259 e. The molecule has 1 atom stereocenters. The summed E-state index contributed by atoms with van der Waals surface area (Å²) in [6.45, 7) is -0.637. The normalized spacial score (nSPS) is 12.7. The monoisotopic (exact) mass is 277 g/mol. The van der Waals surface area contributed by atoms with Crippen LogP contribution in [0.5, 0.6) is 0 Å². The summed E-state index contributed by atoms with van der Waals surface area (Å²) in [6.07, 6.45) is 4.58. The smallest absolute Gasteiger partial charge is 0.179 e. The maximum Gasteiger partial charge on any atom is 0.179 e. The molecule has 19 heavy (non-hydrogen) atoms. The van der Waals surface area contributed by atoms with Crippen LogP contribution in [0, 0.1) is 0 Å². The number of hydrogen-bond acceptors (Lipinski definition) is 4. The van der Waals surface area contributed by atoms with Gasteiger partial charge in [-0.25, -0.2) is 19.0 Å². The molecule has 0 aromatic carbocycles. The summed E-state index contributed by atoms with van der Waals surface area (Å²) in [5, 5.41) is 4.38. The number of fused-ring (bicyclic) bond motifs is 1. The summed E-state index contributed by atoms with van der Waals surface area (Å²) in [6, 6.07) is 4.69. The molecule has 0 aliphatic heterocycles. The Morgan fingerprint density at radius 1 is 1.26 bits per heavy atom. The molecule has 0 bridgehead atoms. The van der Waals surface area contributed by atoms with E-state index >= 15 is 0 Å². The van der Waals surface area contributed by atoms with Crippen molar-refractivity contribution in [3.8, 4) is 0 Å². The molecule has 0 amide bonds. The van der Waals surface area contributed by atoms with Crippen molar-refractivity contribution in [2.45, 2.75) is 6.04 Å². The molecule has 0 fully saturated rings. The first kappa shape index (κ1) is 12.0. The minimum absolute atomic E-state index is 0.243. The predicted octanol–water partition coefficient (Wildman–Crippen LogP) is 2.43. The fraction of sp³-hybridized carbons (Fsp3) is 0.167. The van der Waals surface area contributed by atoms with Crippen LogP contribution in [0.3, 0.4) is 0 Å². The summed E-state index contributed by atoms with van der Waals surface area (Å²) in [4.78, 5) is 12.4. The number of alkyl halides is 1. The van der Waals surface area contributed by atoms with Crippen molar-refractivity contribution in [3.63, 3.8) is 0 Å². The van der Waals surface area contributed by atoms with E-state index in [9.17, 15) is 4.39 Å². The molecule has 0 N–H and O–H groups in total. The van der Waals surface area contributed by atoms with Crippen LogP contribution in [0.2, 0.25) is 5.15 Å². The quantitative estimate of drug-likeness (QED) is 0.738. The van der Waals surface area contributed by atoms with E-state index in [0.29, 0.717) is 16.9 Å². The highest BCUT2D eigenvalue weighted by Crippen LogP contribution is 2.21. The zero-order chi connectivity index (χ0) is 13.2. The molecule has 0 aliphatic carbocycles. The van der Waals surface area contributed by atoms with Crippen molar-refractivity contribution >= 4 is 22.8 Å². The second kappa shape index (κ2) is 4.89. The van der Waals surface area contributed by atoms with Gasteiger partial charge in [-0.05, 0) is 12.1 Å². The number of hydrogen-bond donors (Lipinski definition) is 0. The third-order valence-corrected chi connectivity index (χ3v) is 2.93. The number of aromatic nitrogens is 5. The molecule has 0 saturated heterocycles. The summed E-state index contributed by atoms with van der Waals surface area (Å²) in [5.41, 5.74) is 1.59. The van der Waals surface area contributed by atoms with Crippen LogP contribution in [0.15, 0.2) is 36.8 Å². The van der Waals surface area contributed by atoms with Crippen LogP contribution < -0.4 is 0 Å². The fourth-order valence-corrected chi connectivity index (χ4v) is 2.00. The summed E-state index contributed by atoms with van der Waals surface area (Å²) < 4.78 is 14.8. The Morgan fingerprint density at radius 3 is 2.89 bits per heavy atom. The molecular weight excluding hydrogens is 269 g/mol. The lowest BCUT2D eigenvalue weighted by Crippen LogP contribution is -2.16. The third kappa shape index (κ3) is 2.15. The minimum atomic E-state index is -0.637. The van der Waals surface area contributed by atoms with Crippen LogP contribution in [0.1, 0.15) is 11.7 Å². The van der Waals surface area contributed by atoms with Crippen LogP contribution in [0.25, 0.3) is 11.2 Å². The third-order valence-electron chi connectivity index (χ3n) is 2.74. The first-order valence-corrected chi connectivity index (χ1v) is 6.00. The molecular formula is C12H9ClFN5. The molecule has 3 heterocycles. The van der Waals surface area contributed by atoms with E-state index in [4.69, 9.17) is 11.6 Å². The van der Waals surface area contributed by atoms with Gasteiger partial charge in [0.1, 0.15) is 23.4 Å². The summed E-state index contributed by atoms with van der Waals surface area (Å²) >= 11 is 5.82. The highest BCUT2D eigenvalue weighted by atomic mass is 35.5. The molecule has 96 valence electrons. The van der Waals surface area contributed by atoms with Crippen LogP contribution in [-0.4, -0.2) is 31.4 Å². The van der Waals surface area contributed by atoms with Gasteiger partial charge in [0.25, 0.3) is 0 Å². The van der Waals surface area contributed by atoms with E-state index in [0.717, 1.165) is 0 Å². The number of nitrogens with zero attached hydrogens (tertiary/aromatic N) is 5. The highest BCUT2D eigenvalue weighted by Gasteiger charge is 2.19. The molecule has 7 heteroatoms. The van der Waals surface area contributed by atoms with Gasteiger partial charge in [-0.2, -0.15) is 5.10 Å². The maximum atomic E-state index is 13.4. The van der Waals surface area contributed by atoms with E-state index < -0.39 is 12.7 Å². The number of halogens is 2. The lowest BCUT2D eigenvalue weighted by Gasteiger charge is -2.13. The topological polar surface area (TPSA) is 56.5 Å². The van der Waals surface area contributed by atoms with E-state index in [1.54, 1.807) is 24.4 Å². The molecule has 3 aromatic rings. The standard InChI is InChI=1S/C12H9ClFN5/c13-11-7-16-9-6-17-19(12(9)18-11)10(5-14)8-3-1-2-4-15-8/h1-4,6-7,10H,5H2. The van der Waals surface area contributed by atoms with E-state index in [1.807, 2.05) is 0 Å². The van der Waals surface area contributed by atoms with Gasteiger partial charge in [0, 0.05) is 6.20 Å². The van der Waals surface area contributed by atoms with Crippen molar-refractivity contribution in [1.29, 1.82) is 0 Å². The van der Waals surface area contributed by atoms with Gasteiger partial charge in [0.15, 0.2) is 5.65 Å². The molecule has 3 rings (SSSR count). The Hall–Kier alpha value is -2.08. The number of pyridine rings is 1. The van der Waals surface area contributed by atoms with Crippen LogP contribution in [-0.2, 0) is 0 Å². The summed E-state index contributed by atoms with van der Waals surface area (Å²) in [7, 11) is 0. The molecule has 1 unspecified atom stereocenters. The zero-order valence-electron chi connectivity index (χ0n) is 9.74. The first-order valence-electron chi connectivity index (χ1n) is 5.62. The molecule has 0 saturated carbocycles. The van der Waals surface area contributed by atoms with Gasteiger partial charge in [-0.15, -0.1) is 0 Å². The van der Waals surface area contributed by atoms with E-state index in [-0.39, 0.29) is 5.15 Å². The van der Waals surface area contributed by atoms with Crippen molar-refractivity contribution in [3.05, 3.63) is 47.6 Å². The van der Waals surface area contributed by atoms with E-state index in [1.165, 1.54) is 17.1 Å². The lowest BCUT2D eigenvalue weighted by molar-refractivity contribution is 0.375. The first-order chi connectivity index (χ1) is 9.29. The second-order valence-electron chi connectivity index (χ2n) is 3.92. The Bertz CT molecular complexity index is 700. The van der Waals surface area contributed by atoms with Crippen LogP contribution >= 0.6 is 11.6 Å². The van der Waals surface area contributed by atoms with Gasteiger partial charge in [0.2, 0.25) is 0 Å². The van der Waals surface area contributed by atoms with Gasteiger partial charge in [0.05, 0.1) is 18.1 Å². The zero-order valence-corrected chi connectivity index (χ0v) is 10.5. The van der Waals surface area contributed by atoms with Crippen molar-refractivity contribution in [2.24, 2.45) is 0 Å². The van der Waals surface area contributed by atoms with Crippen molar-refractivity contribution < 1.29 is 4.39 Å². The van der Waals surface area contributed by atoms with Crippen molar-refractivity contribution in [2.75, 3.05) is 6.67 Å². The molecule has 3 aromatic heterocycles. The Kier molecular flexibility index (Phi) is 3.08. The fourth-order valence-electron chi connectivity index (χ4n) is 1.87. The van der Waals surface area contributed by atoms with Crippen LogP contribution in [0.4, 0.5) is 4.39 Å². The Morgan fingerprint density at radius 2 is 2.16 bits per heavy atom. The summed E-state index contributed by atoms with van der Waals surface area (Å²) in [5.74, 6) is 0. The molecule has 0 radical (unpaired) electrons. The minimum Gasteiger partial charge on any atom is -0.259 e. The van der Waals surface area contributed by atoms with Gasteiger partial charge in [-0.1, -0.05) is 17.7 Å². The Balaban J connectivity index is 2.14. The average Bonchev–Trinajstić information content (AvgIpc) is 2.84. The lowest BCUT2D eigenvalue weighted by atomic mass is 10.2. The second-order valence-corrected chi connectivity index (χ2v) is 4.30. The van der Waals surface area contributed by atoms with E-state index in [2.05, 4.69) is 20.1 Å². The average molecular weight is 278 g/mol. The van der Waals surface area contributed by atoms with Gasteiger partial charge < -0.3 is 0 Å². The highest BCUT2D eigenvalue weighted by molar-refractivity contribution is 6.29. The number of rotatable bonds is 3. The Labute approximate surface area is 113 Å². The molecule has 0 aliphatic rings. The van der Waals surface area contributed by atoms with Crippen molar-refractivity contribution in [1.82, 2.24) is 24.7 Å².